The van der Waals surface area contributed by atoms with Crippen molar-refractivity contribution in [3.05, 3.63) is 23.7 Å². The zero-order valence-electron chi connectivity index (χ0n) is 9.12. The molecular weight excluding hydrogens is 188 g/mol. The number of nitrogens with zero attached hydrogens (tertiary/aromatic N) is 2. The maximum atomic E-state index is 5.69. The fourth-order valence-electron chi connectivity index (χ4n) is 1.72. The minimum absolute atomic E-state index is 0.304. The number of hydrogen-bond acceptors (Lipinski definition) is 3. The van der Waals surface area contributed by atoms with E-state index in [-0.39, 0.29) is 0 Å². The van der Waals surface area contributed by atoms with E-state index in [1.165, 1.54) is 5.56 Å². The number of nitrogens with two attached hydrogens (primary N) is 1. The predicted molar refractivity (Wildman–Crippen MR) is 60.7 cm³/mol. The smallest absolute Gasteiger partial charge is 0.177 e. The molecule has 0 fully saturated rings. The van der Waals surface area contributed by atoms with Gasteiger partial charge >= 0.3 is 0 Å². The summed E-state index contributed by atoms with van der Waals surface area (Å²) in [4.78, 5) is 12.0. The van der Waals surface area contributed by atoms with Crippen LogP contribution in [0.2, 0.25) is 0 Å². The van der Waals surface area contributed by atoms with Gasteiger partial charge in [0.25, 0.3) is 0 Å². The van der Waals surface area contributed by atoms with E-state index in [1.54, 1.807) is 6.20 Å². The lowest BCUT2D eigenvalue weighted by molar-refractivity contribution is 0.640. The average Bonchev–Trinajstić information content (AvgIpc) is 2.65. The second kappa shape index (κ2) is 3.98. The topological polar surface area (TPSA) is 67.6 Å². The summed E-state index contributed by atoms with van der Waals surface area (Å²) in [5.74, 6) is 1.26. The van der Waals surface area contributed by atoms with Gasteiger partial charge in [-0.25, -0.2) is 9.97 Å². The molecule has 15 heavy (non-hydrogen) atoms. The summed E-state index contributed by atoms with van der Waals surface area (Å²) in [6, 6.07) is 1.98. The van der Waals surface area contributed by atoms with Crippen molar-refractivity contribution in [2.45, 2.75) is 26.2 Å². The molecule has 1 unspecified atom stereocenters. The van der Waals surface area contributed by atoms with Crippen molar-refractivity contribution in [3.8, 4) is 0 Å². The van der Waals surface area contributed by atoms with Gasteiger partial charge in [0.05, 0.1) is 5.52 Å². The second-order valence-electron chi connectivity index (χ2n) is 3.79. The summed E-state index contributed by atoms with van der Waals surface area (Å²) in [5, 5.41) is 0. The van der Waals surface area contributed by atoms with Crippen LogP contribution in [0.25, 0.3) is 11.2 Å². The molecule has 80 valence electrons. The highest BCUT2D eigenvalue weighted by atomic mass is 15.0. The molecule has 0 amide bonds. The molecule has 2 heterocycles. The number of aromatic nitrogens is 3. The first-order valence-electron chi connectivity index (χ1n) is 5.27. The Morgan fingerprint density at radius 1 is 1.53 bits per heavy atom. The van der Waals surface area contributed by atoms with Crippen LogP contribution in [0.15, 0.2) is 12.3 Å². The van der Waals surface area contributed by atoms with Crippen LogP contribution in [0.5, 0.6) is 0 Å². The standard InChI is InChI=1S/C11H16N4/c1-3-8(6-12)10-14-9-7(2)4-5-13-11(9)15-10/h4-5,8H,3,6,12H2,1-2H3,(H,13,14,15). The maximum absolute atomic E-state index is 5.69. The summed E-state index contributed by atoms with van der Waals surface area (Å²) in [7, 11) is 0. The first kappa shape index (κ1) is 10.1. The third kappa shape index (κ3) is 1.72. The number of pyridine rings is 1. The van der Waals surface area contributed by atoms with E-state index in [2.05, 4.69) is 28.8 Å². The number of aromatic amines is 1. The summed E-state index contributed by atoms with van der Waals surface area (Å²) < 4.78 is 0. The highest BCUT2D eigenvalue weighted by Crippen LogP contribution is 2.19. The number of fused-ring (bicyclic) bond motifs is 1. The molecule has 0 bridgehead atoms. The van der Waals surface area contributed by atoms with Gasteiger partial charge in [0.2, 0.25) is 0 Å². The highest BCUT2D eigenvalue weighted by Gasteiger charge is 2.13. The molecule has 2 aromatic heterocycles. The number of imidazole rings is 1. The van der Waals surface area contributed by atoms with Crippen LogP contribution in [0, 0.1) is 6.92 Å². The van der Waals surface area contributed by atoms with Crippen molar-refractivity contribution in [1.29, 1.82) is 0 Å². The van der Waals surface area contributed by atoms with Crippen LogP contribution < -0.4 is 5.73 Å². The lowest BCUT2D eigenvalue weighted by atomic mass is 10.1. The minimum Gasteiger partial charge on any atom is -0.340 e. The molecule has 0 spiro atoms. The summed E-state index contributed by atoms with van der Waals surface area (Å²) >= 11 is 0. The molecule has 1 atom stereocenters. The van der Waals surface area contributed by atoms with Gasteiger partial charge in [0.1, 0.15) is 5.82 Å². The van der Waals surface area contributed by atoms with Gasteiger partial charge in [0, 0.05) is 18.7 Å². The van der Waals surface area contributed by atoms with Crippen molar-refractivity contribution < 1.29 is 0 Å². The van der Waals surface area contributed by atoms with Gasteiger partial charge in [-0.05, 0) is 25.0 Å². The van der Waals surface area contributed by atoms with Gasteiger partial charge < -0.3 is 10.7 Å². The minimum atomic E-state index is 0.304. The molecule has 0 aliphatic heterocycles. The molecule has 0 saturated heterocycles. The normalized spacial score (nSPS) is 13.3. The molecule has 4 heteroatoms. The largest absolute Gasteiger partial charge is 0.340 e. The highest BCUT2D eigenvalue weighted by molar-refractivity contribution is 5.74. The fourth-order valence-corrected chi connectivity index (χ4v) is 1.72. The Morgan fingerprint density at radius 2 is 2.33 bits per heavy atom. The van der Waals surface area contributed by atoms with E-state index in [4.69, 9.17) is 5.73 Å². The SMILES string of the molecule is CCC(CN)c1nc2nccc(C)c2[nH]1. The van der Waals surface area contributed by atoms with Crippen LogP contribution in [0.4, 0.5) is 0 Å². The zero-order valence-corrected chi connectivity index (χ0v) is 9.12. The van der Waals surface area contributed by atoms with E-state index in [0.29, 0.717) is 12.5 Å². The Balaban J connectivity index is 2.51. The van der Waals surface area contributed by atoms with Crippen molar-refractivity contribution in [2.24, 2.45) is 5.73 Å². The lowest BCUT2D eigenvalue weighted by Crippen LogP contribution is -2.12. The quantitative estimate of drug-likeness (QED) is 0.799. The number of rotatable bonds is 3. The molecule has 0 aliphatic rings. The van der Waals surface area contributed by atoms with Gasteiger partial charge in [-0.3, -0.25) is 0 Å². The Bertz CT molecular complexity index is 457. The van der Waals surface area contributed by atoms with Crippen LogP contribution in [0.1, 0.15) is 30.7 Å². The Kier molecular flexibility index (Phi) is 2.68. The van der Waals surface area contributed by atoms with Crippen LogP contribution in [-0.2, 0) is 0 Å². The molecule has 0 aliphatic carbocycles. The van der Waals surface area contributed by atoms with Crippen molar-refractivity contribution in [3.63, 3.8) is 0 Å². The van der Waals surface area contributed by atoms with Crippen molar-refractivity contribution >= 4 is 11.2 Å². The van der Waals surface area contributed by atoms with Gasteiger partial charge in [-0.15, -0.1) is 0 Å². The molecule has 4 nitrogen and oxygen atoms in total. The summed E-state index contributed by atoms with van der Waals surface area (Å²) in [6.45, 7) is 4.79. The third-order valence-corrected chi connectivity index (χ3v) is 2.78. The predicted octanol–water partition coefficient (Wildman–Crippen LogP) is 1.72. The number of aryl methyl sites for hydroxylation is 1. The first-order valence-corrected chi connectivity index (χ1v) is 5.27. The molecule has 0 aromatic carbocycles. The Morgan fingerprint density at radius 3 is 2.93 bits per heavy atom. The lowest BCUT2D eigenvalue weighted by Gasteiger charge is -2.07. The van der Waals surface area contributed by atoms with E-state index < -0.39 is 0 Å². The number of hydrogen-bond donors (Lipinski definition) is 2. The monoisotopic (exact) mass is 204 g/mol. The van der Waals surface area contributed by atoms with E-state index in [0.717, 1.165) is 23.4 Å². The van der Waals surface area contributed by atoms with Crippen LogP contribution in [-0.4, -0.2) is 21.5 Å². The maximum Gasteiger partial charge on any atom is 0.177 e. The molecule has 0 radical (unpaired) electrons. The second-order valence-corrected chi connectivity index (χ2v) is 3.79. The molecule has 2 rings (SSSR count). The van der Waals surface area contributed by atoms with E-state index in [9.17, 15) is 0 Å². The van der Waals surface area contributed by atoms with E-state index in [1.807, 2.05) is 6.07 Å². The summed E-state index contributed by atoms with van der Waals surface area (Å²) in [5.41, 5.74) is 8.68. The van der Waals surface area contributed by atoms with Crippen LogP contribution >= 0.6 is 0 Å². The van der Waals surface area contributed by atoms with Crippen LogP contribution in [0.3, 0.4) is 0 Å². The molecule has 3 N–H and O–H groups in total. The fraction of sp³-hybridized carbons (Fsp3) is 0.455. The average molecular weight is 204 g/mol. The molecule has 2 aromatic rings. The Labute approximate surface area is 88.9 Å². The number of nitrogens with one attached hydrogen (secondary N) is 1. The van der Waals surface area contributed by atoms with E-state index >= 15 is 0 Å². The summed E-state index contributed by atoms with van der Waals surface area (Å²) in [6.07, 6.45) is 2.78. The molecular formula is C11H16N4. The van der Waals surface area contributed by atoms with Gasteiger partial charge in [0.15, 0.2) is 5.65 Å². The van der Waals surface area contributed by atoms with Gasteiger partial charge in [-0.2, -0.15) is 0 Å². The van der Waals surface area contributed by atoms with Crippen molar-refractivity contribution in [2.75, 3.05) is 6.54 Å². The zero-order chi connectivity index (χ0) is 10.8. The Hall–Kier alpha value is -1.42. The third-order valence-electron chi connectivity index (χ3n) is 2.78. The first-order chi connectivity index (χ1) is 7.26. The van der Waals surface area contributed by atoms with Gasteiger partial charge in [-0.1, -0.05) is 6.92 Å². The van der Waals surface area contributed by atoms with Crippen molar-refractivity contribution in [1.82, 2.24) is 15.0 Å². The number of H-pyrrole nitrogens is 1. The molecule has 0 saturated carbocycles.